The quantitative estimate of drug-likeness (QED) is 0.328. The minimum absolute atomic E-state index is 0.248. The highest BCUT2D eigenvalue weighted by Crippen LogP contribution is 2.00. The van der Waals surface area contributed by atoms with Crippen LogP contribution in [0.5, 0.6) is 0 Å². The van der Waals surface area contributed by atoms with Gasteiger partial charge in [0.1, 0.15) is 11.7 Å². The van der Waals surface area contributed by atoms with Gasteiger partial charge in [0.2, 0.25) is 0 Å². The number of ketones is 1. The fraction of sp³-hybridized carbons (Fsp3) is 0.429. The summed E-state index contributed by atoms with van der Waals surface area (Å²) < 4.78 is 4.33. The van der Waals surface area contributed by atoms with Crippen LogP contribution in [0.2, 0.25) is 0 Å². The topological polar surface area (TPSA) is 43.4 Å². The first-order valence-electron chi connectivity index (χ1n) is 2.84. The summed E-state index contributed by atoms with van der Waals surface area (Å²) in [6.07, 6.45) is 1.27. The lowest BCUT2D eigenvalue weighted by Gasteiger charge is -2.03. The molecule has 0 rings (SSSR count). The first-order valence-corrected chi connectivity index (χ1v) is 2.84. The van der Waals surface area contributed by atoms with Gasteiger partial charge in [-0.05, 0) is 6.92 Å². The second-order valence-corrected chi connectivity index (χ2v) is 1.85. The van der Waals surface area contributed by atoms with Gasteiger partial charge < -0.3 is 4.74 Å². The minimum Gasteiger partial charge on any atom is -0.468 e. The normalized spacial score (nSPS) is 11.8. The van der Waals surface area contributed by atoms with E-state index >= 15 is 0 Å². The number of carbonyl (C=O) groups excluding carboxylic acids is 2. The van der Waals surface area contributed by atoms with Crippen molar-refractivity contribution in [3.8, 4) is 0 Å². The number of carbonyl (C=O) groups is 2. The summed E-state index contributed by atoms with van der Waals surface area (Å²) >= 11 is 0. The third kappa shape index (κ3) is 2.01. The molecule has 0 fully saturated rings. The van der Waals surface area contributed by atoms with Crippen LogP contribution < -0.4 is 0 Å². The van der Waals surface area contributed by atoms with Crippen LogP contribution in [0.3, 0.4) is 0 Å². The Morgan fingerprint density at radius 1 is 1.60 bits per heavy atom. The van der Waals surface area contributed by atoms with E-state index in [2.05, 4.69) is 11.3 Å². The summed E-state index contributed by atoms with van der Waals surface area (Å²) in [6, 6.07) is 0. The Morgan fingerprint density at radius 3 is 2.20 bits per heavy atom. The van der Waals surface area contributed by atoms with Crippen LogP contribution in [0, 0.1) is 5.92 Å². The van der Waals surface area contributed by atoms with E-state index in [1.54, 1.807) is 0 Å². The number of hydrogen-bond donors (Lipinski definition) is 0. The molecule has 0 N–H and O–H groups in total. The molecule has 0 saturated heterocycles. The molecule has 3 nitrogen and oxygen atoms in total. The summed E-state index contributed by atoms with van der Waals surface area (Å²) in [5, 5.41) is 0. The SMILES string of the molecule is C=CC(C(C)=O)C(=O)OC. The molecule has 10 heavy (non-hydrogen) atoms. The van der Waals surface area contributed by atoms with Gasteiger partial charge in [-0.15, -0.1) is 6.58 Å². The maximum atomic E-state index is 10.7. The van der Waals surface area contributed by atoms with Gasteiger partial charge in [-0.1, -0.05) is 6.08 Å². The molecule has 0 spiro atoms. The molecule has 0 radical (unpaired) electrons. The van der Waals surface area contributed by atoms with Crippen molar-refractivity contribution in [3.05, 3.63) is 12.7 Å². The molecule has 0 heterocycles. The minimum atomic E-state index is -0.801. The maximum Gasteiger partial charge on any atom is 0.320 e. The second-order valence-electron chi connectivity index (χ2n) is 1.85. The number of hydrogen-bond acceptors (Lipinski definition) is 3. The van der Waals surface area contributed by atoms with Gasteiger partial charge in [0.15, 0.2) is 0 Å². The largest absolute Gasteiger partial charge is 0.468 e. The summed E-state index contributed by atoms with van der Waals surface area (Å²) in [6.45, 7) is 4.65. The number of methoxy groups -OCH3 is 1. The molecule has 3 heteroatoms. The Kier molecular flexibility index (Phi) is 3.39. The molecular formula is C7H10O3. The fourth-order valence-electron chi connectivity index (χ4n) is 0.555. The van der Waals surface area contributed by atoms with E-state index in [0.717, 1.165) is 0 Å². The molecule has 0 saturated carbocycles. The lowest BCUT2D eigenvalue weighted by Crippen LogP contribution is -2.20. The Balaban J connectivity index is 4.20. The number of Topliss-reactive ketones (excluding diaryl/α,β-unsaturated/α-hetero) is 1. The molecule has 0 bridgehead atoms. The lowest BCUT2D eigenvalue weighted by molar-refractivity contribution is -0.146. The highest BCUT2D eigenvalue weighted by atomic mass is 16.5. The van der Waals surface area contributed by atoms with Gasteiger partial charge in [-0.25, -0.2) is 0 Å². The zero-order chi connectivity index (χ0) is 8.15. The summed E-state index contributed by atoms with van der Waals surface area (Å²) in [5.74, 6) is -1.60. The van der Waals surface area contributed by atoms with Crippen LogP contribution in [-0.2, 0) is 14.3 Å². The Morgan fingerprint density at radius 2 is 2.10 bits per heavy atom. The molecule has 0 aromatic carbocycles. The molecule has 0 aromatic heterocycles. The molecule has 0 aliphatic heterocycles. The van der Waals surface area contributed by atoms with E-state index < -0.39 is 11.9 Å². The lowest BCUT2D eigenvalue weighted by atomic mass is 10.1. The maximum absolute atomic E-state index is 10.7. The van der Waals surface area contributed by atoms with Crippen molar-refractivity contribution in [1.29, 1.82) is 0 Å². The first kappa shape index (κ1) is 8.88. The molecule has 0 aromatic rings. The average molecular weight is 142 g/mol. The fourth-order valence-corrected chi connectivity index (χ4v) is 0.555. The summed E-state index contributed by atoms with van der Waals surface area (Å²) in [4.78, 5) is 21.3. The number of ether oxygens (including phenoxy) is 1. The third-order valence-electron chi connectivity index (χ3n) is 1.13. The van der Waals surface area contributed by atoms with E-state index in [9.17, 15) is 9.59 Å². The van der Waals surface area contributed by atoms with Crippen molar-refractivity contribution < 1.29 is 14.3 Å². The number of rotatable bonds is 3. The van der Waals surface area contributed by atoms with E-state index in [1.165, 1.54) is 20.1 Å². The molecule has 0 aliphatic carbocycles. The van der Waals surface area contributed by atoms with Gasteiger partial charge in [0, 0.05) is 0 Å². The molecule has 0 aliphatic rings. The molecule has 1 atom stereocenters. The number of esters is 1. The second kappa shape index (κ2) is 3.82. The highest BCUT2D eigenvalue weighted by molar-refractivity contribution is 5.99. The van der Waals surface area contributed by atoms with Crippen LogP contribution >= 0.6 is 0 Å². The van der Waals surface area contributed by atoms with Crippen molar-refractivity contribution >= 4 is 11.8 Å². The molecule has 56 valence electrons. The van der Waals surface area contributed by atoms with Crippen molar-refractivity contribution in [1.82, 2.24) is 0 Å². The van der Waals surface area contributed by atoms with Gasteiger partial charge >= 0.3 is 5.97 Å². The molecule has 0 amide bonds. The average Bonchev–Trinajstić information content (AvgIpc) is 1.88. The van der Waals surface area contributed by atoms with Gasteiger partial charge in [-0.3, -0.25) is 9.59 Å². The van der Waals surface area contributed by atoms with Crippen molar-refractivity contribution in [3.63, 3.8) is 0 Å². The Labute approximate surface area is 59.7 Å². The van der Waals surface area contributed by atoms with Crippen molar-refractivity contribution in [2.45, 2.75) is 6.92 Å². The van der Waals surface area contributed by atoms with Crippen LogP contribution in [0.25, 0.3) is 0 Å². The third-order valence-corrected chi connectivity index (χ3v) is 1.13. The molecule has 1 unspecified atom stereocenters. The van der Waals surface area contributed by atoms with Crippen LogP contribution in [0.4, 0.5) is 0 Å². The predicted octanol–water partition coefficient (Wildman–Crippen LogP) is 0.551. The first-order chi connectivity index (χ1) is 4.63. The van der Waals surface area contributed by atoms with E-state index in [0.29, 0.717) is 0 Å². The van der Waals surface area contributed by atoms with E-state index in [-0.39, 0.29) is 5.78 Å². The highest BCUT2D eigenvalue weighted by Gasteiger charge is 2.19. The smallest absolute Gasteiger partial charge is 0.320 e. The zero-order valence-electron chi connectivity index (χ0n) is 6.09. The zero-order valence-corrected chi connectivity index (χ0v) is 6.09. The van der Waals surface area contributed by atoms with Gasteiger partial charge in [0.25, 0.3) is 0 Å². The Hall–Kier alpha value is -1.12. The van der Waals surface area contributed by atoms with E-state index in [4.69, 9.17) is 0 Å². The standard InChI is InChI=1S/C7H10O3/c1-4-6(5(2)8)7(9)10-3/h4,6H,1H2,2-3H3. The molecular weight excluding hydrogens is 132 g/mol. The Bertz CT molecular complexity index is 160. The van der Waals surface area contributed by atoms with Crippen LogP contribution in [-0.4, -0.2) is 18.9 Å². The van der Waals surface area contributed by atoms with Crippen molar-refractivity contribution in [2.75, 3.05) is 7.11 Å². The van der Waals surface area contributed by atoms with E-state index in [1.807, 2.05) is 0 Å². The van der Waals surface area contributed by atoms with Crippen molar-refractivity contribution in [2.24, 2.45) is 5.92 Å². The van der Waals surface area contributed by atoms with Crippen LogP contribution in [0.1, 0.15) is 6.92 Å². The van der Waals surface area contributed by atoms with Gasteiger partial charge in [0.05, 0.1) is 7.11 Å². The summed E-state index contributed by atoms with van der Waals surface area (Å²) in [5.41, 5.74) is 0. The van der Waals surface area contributed by atoms with Crippen LogP contribution in [0.15, 0.2) is 12.7 Å². The summed E-state index contributed by atoms with van der Waals surface area (Å²) in [7, 11) is 1.24. The monoisotopic (exact) mass is 142 g/mol. The van der Waals surface area contributed by atoms with Gasteiger partial charge in [-0.2, -0.15) is 0 Å². The predicted molar refractivity (Wildman–Crippen MR) is 36.4 cm³/mol.